The Labute approximate surface area is 197 Å². The van der Waals surface area contributed by atoms with Crippen molar-refractivity contribution in [2.45, 2.75) is 12.8 Å². The van der Waals surface area contributed by atoms with Crippen LogP contribution >= 0.6 is 0 Å². The third kappa shape index (κ3) is 4.85. The highest BCUT2D eigenvalue weighted by atomic mass is 16.5. The van der Waals surface area contributed by atoms with E-state index in [1.165, 1.54) is 4.90 Å². The van der Waals surface area contributed by atoms with Gasteiger partial charge in [-0.1, -0.05) is 24.3 Å². The monoisotopic (exact) mass is 459 g/mol. The summed E-state index contributed by atoms with van der Waals surface area (Å²) in [6, 6.07) is 19.3. The van der Waals surface area contributed by atoms with Crippen LogP contribution in [0.15, 0.2) is 66.7 Å². The summed E-state index contributed by atoms with van der Waals surface area (Å²) < 4.78 is 10.7. The number of anilines is 3. The fourth-order valence-electron chi connectivity index (χ4n) is 3.89. The standard InChI is InChI=1S/C26H25N3O5/c1-33-22-9-5-6-17(25(22)34-2)12-15-23(30)27-19-13-10-18(11-14-19)26(32)29-16-24(31)28-20-7-3-4-8-21(20)29/h3-11,13-14H,12,15-16H2,1-2H3,(H,27,30)(H,28,31). The van der Waals surface area contributed by atoms with E-state index < -0.39 is 0 Å². The third-order valence-electron chi connectivity index (χ3n) is 5.54. The Bertz CT molecular complexity index is 1220. The highest BCUT2D eigenvalue weighted by Crippen LogP contribution is 2.32. The number of benzene rings is 3. The quantitative estimate of drug-likeness (QED) is 0.559. The summed E-state index contributed by atoms with van der Waals surface area (Å²) >= 11 is 0. The number of fused-ring (bicyclic) bond motifs is 1. The molecule has 1 aliphatic rings. The molecule has 0 atom stereocenters. The smallest absolute Gasteiger partial charge is 0.258 e. The summed E-state index contributed by atoms with van der Waals surface area (Å²) in [6.07, 6.45) is 0.739. The van der Waals surface area contributed by atoms with Crippen LogP contribution in [-0.4, -0.2) is 38.5 Å². The molecular formula is C26H25N3O5. The SMILES string of the molecule is COc1cccc(CCC(=O)Nc2ccc(C(=O)N3CC(=O)Nc4ccccc43)cc2)c1OC. The molecule has 0 aliphatic carbocycles. The molecule has 0 fully saturated rings. The number of rotatable bonds is 7. The normalized spacial score (nSPS) is 12.4. The van der Waals surface area contributed by atoms with Gasteiger partial charge in [-0.05, 0) is 54.4 Å². The van der Waals surface area contributed by atoms with Crippen molar-refractivity contribution in [2.24, 2.45) is 0 Å². The van der Waals surface area contributed by atoms with Crippen molar-refractivity contribution in [3.05, 3.63) is 77.9 Å². The van der Waals surface area contributed by atoms with Gasteiger partial charge in [0.25, 0.3) is 5.91 Å². The molecule has 0 bridgehead atoms. The highest BCUT2D eigenvalue weighted by Gasteiger charge is 2.27. The molecule has 0 saturated carbocycles. The number of carbonyl (C=O) groups excluding carboxylic acids is 3. The van der Waals surface area contributed by atoms with Gasteiger partial charge in [0.2, 0.25) is 11.8 Å². The summed E-state index contributed by atoms with van der Waals surface area (Å²) in [5, 5.41) is 5.62. The lowest BCUT2D eigenvalue weighted by Gasteiger charge is -2.29. The lowest BCUT2D eigenvalue weighted by Crippen LogP contribution is -2.42. The second kappa shape index (κ2) is 10.1. The Balaban J connectivity index is 1.39. The minimum atomic E-state index is -0.287. The van der Waals surface area contributed by atoms with Crippen LogP contribution in [0.4, 0.5) is 17.1 Å². The van der Waals surface area contributed by atoms with Crippen molar-refractivity contribution in [1.82, 2.24) is 0 Å². The van der Waals surface area contributed by atoms with Crippen LogP contribution in [0, 0.1) is 0 Å². The Hall–Kier alpha value is -4.33. The van der Waals surface area contributed by atoms with Crippen LogP contribution in [0.5, 0.6) is 11.5 Å². The van der Waals surface area contributed by atoms with E-state index in [-0.39, 0.29) is 30.7 Å². The lowest BCUT2D eigenvalue weighted by molar-refractivity contribution is -0.116. The van der Waals surface area contributed by atoms with Gasteiger partial charge in [0.15, 0.2) is 11.5 Å². The molecule has 1 heterocycles. The molecule has 3 amide bonds. The van der Waals surface area contributed by atoms with E-state index in [0.717, 1.165) is 5.56 Å². The molecule has 3 aromatic carbocycles. The summed E-state index contributed by atoms with van der Waals surface area (Å²) in [6.45, 7) is -0.0535. The van der Waals surface area contributed by atoms with E-state index in [1.54, 1.807) is 62.8 Å². The number of hydrogen-bond donors (Lipinski definition) is 2. The van der Waals surface area contributed by atoms with Gasteiger partial charge in [0.1, 0.15) is 6.54 Å². The van der Waals surface area contributed by atoms with Crippen molar-refractivity contribution >= 4 is 34.8 Å². The number of nitrogens with zero attached hydrogens (tertiary/aromatic N) is 1. The maximum absolute atomic E-state index is 13.1. The fourth-order valence-corrected chi connectivity index (χ4v) is 3.89. The number of carbonyl (C=O) groups is 3. The van der Waals surface area contributed by atoms with Gasteiger partial charge in [-0.25, -0.2) is 0 Å². The maximum Gasteiger partial charge on any atom is 0.258 e. The Morgan fingerprint density at radius 2 is 1.74 bits per heavy atom. The second-order valence-electron chi connectivity index (χ2n) is 7.73. The van der Waals surface area contributed by atoms with Gasteiger partial charge in [-0.2, -0.15) is 0 Å². The maximum atomic E-state index is 13.1. The molecule has 0 saturated heterocycles. The number of amides is 3. The van der Waals surface area contributed by atoms with Crippen molar-refractivity contribution in [3.8, 4) is 11.5 Å². The van der Waals surface area contributed by atoms with Crippen LogP contribution in [0.3, 0.4) is 0 Å². The second-order valence-corrected chi connectivity index (χ2v) is 7.73. The Morgan fingerprint density at radius 3 is 2.47 bits per heavy atom. The summed E-state index contributed by atoms with van der Waals surface area (Å²) in [4.78, 5) is 39.0. The fraction of sp³-hybridized carbons (Fsp3) is 0.192. The Morgan fingerprint density at radius 1 is 0.971 bits per heavy atom. The first-order valence-corrected chi connectivity index (χ1v) is 10.8. The van der Waals surface area contributed by atoms with Gasteiger partial charge in [-0.3, -0.25) is 19.3 Å². The topological polar surface area (TPSA) is 97.0 Å². The van der Waals surface area contributed by atoms with Crippen LogP contribution in [0.25, 0.3) is 0 Å². The average Bonchev–Trinajstić information content (AvgIpc) is 2.86. The molecule has 8 heteroatoms. The van der Waals surface area contributed by atoms with E-state index in [2.05, 4.69) is 10.6 Å². The molecule has 0 aromatic heterocycles. The van der Waals surface area contributed by atoms with E-state index in [9.17, 15) is 14.4 Å². The van der Waals surface area contributed by atoms with Crippen LogP contribution in [0.2, 0.25) is 0 Å². The molecule has 4 rings (SSSR count). The number of methoxy groups -OCH3 is 2. The first-order chi connectivity index (χ1) is 16.5. The molecule has 0 radical (unpaired) electrons. The molecule has 34 heavy (non-hydrogen) atoms. The summed E-state index contributed by atoms with van der Waals surface area (Å²) in [5.41, 5.74) is 3.13. The zero-order valence-electron chi connectivity index (χ0n) is 19.0. The van der Waals surface area contributed by atoms with E-state index in [4.69, 9.17) is 9.47 Å². The number of ether oxygens (including phenoxy) is 2. The first-order valence-electron chi connectivity index (χ1n) is 10.8. The van der Waals surface area contributed by atoms with Crippen LogP contribution in [-0.2, 0) is 16.0 Å². The van der Waals surface area contributed by atoms with Crippen molar-refractivity contribution in [3.63, 3.8) is 0 Å². The minimum absolute atomic E-state index is 0.0535. The lowest BCUT2D eigenvalue weighted by atomic mass is 10.1. The number of nitrogens with one attached hydrogen (secondary N) is 2. The molecule has 0 unspecified atom stereocenters. The van der Waals surface area contributed by atoms with Gasteiger partial charge >= 0.3 is 0 Å². The average molecular weight is 460 g/mol. The van der Waals surface area contributed by atoms with E-state index in [0.29, 0.717) is 40.5 Å². The number of hydrogen-bond acceptors (Lipinski definition) is 5. The minimum Gasteiger partial charge on any atom is -0.493 e. The van der Waals surface area contributed by atoms with Gasteiger partial charge in [0.05, 0.1) is 25.6 Å². The molecule has 174 valence electrons. The van der Waals surface area contributed by atoms with Gasteiger partial charge in [0, 0.05) is 17.7 Å². The predicted molar refractivity (Wildman–Crippen MR) is 130 cm³/mol. The summed E-state index contributed by atoms with van der Waals surface area (Å²) in [5.74, 6) is 0.544. The highest BCUT2D eigenvalue weighted by molar-refractivity contribution is 6.15. The van der Waals surface area contributed by atoms with Gasteiger partial charge in [-0.15, -0.1) is 0 Å². The van der Waals surface area contributed by atoms with Crippen molar-refractivity contribution in [1.29, 1.82) is 0 Å². The molecule has 2 N–H and O–H groups in total. The number of aryl methyl sites for hydroxylation is 1. The third-order valence-corrected chi connectivity index (χ3v) is 5.54. The summed E-state index contributed by atoms with van der Waals surface area (Å²) in [7, 11) is 3.14. The largest absolute Gasteiger partial charge is 0.493 e. The van der Waals surface area contributed by atoms with E-state index >= 15 is 0 Å². The Kier molecular flexibility index (Phi) is 6.77. The predicted octanol–water partition coefficient (Wildman–Crippen LogP) is 3.87. The molecule has 1 aliphatic heterocycles. The molecule has 0 spiro atoms. The molecule has 3 aromatic rings. The van der Waals surface area contributed by atoms with Crippen molar-refractivity contribution in [2.75, 3.05) is 36.3 Å². The zero-order chi connectivity index (χ0) is 24.1. The molecule has 8 nitrogen and oxygen atoms in total. The van der Waals surface area contributed by atoms with E-state index in [1.807, 2.05) is 18.2 Å². The number of para-hydroxylation sites is 3. The van der Waals surface area contributed by atoms with Gasteiger partial charge < -0.3 is 20.1 Å². The van der Waals surface area contributed by atoms with Crippen LogP contribution < -0.4 is 25.0 Å². The van der Waals surface area contributed by atoms with Crippen LogP contribution in [0.1, 0.15) is 22.3 Å². The van der Waals surface area contributed by atoms with Crippen molar-refractivity contribution < 1.29 is 23.9 Å². The first kappa shape index (κ1) is 22.8. The zero-order valence-corrected chi connectivity index (χ0v) is 19.0. The molecular weight excluding hydrogens is 434 g/mol.